The Morgan fingerprint density at radius 1 is 1.08 bits per heavy atom. The predicted molar refractivity (Wildman–Crippen MR) is 132 cm³/mol. The van der Waals surface area contributed by atoms with E-state index in [2.05, 4.69) is 4.98 Å². The van der Waals surface area contributed by atoms with Crippen LogP contribution in [0.4, 0.5) is 0 Å². The molecule has 1 atom stereocenters. The third-order valence-corrected chi connectivity index (χ3v) is 6.08. The molecule has 0 spiro atoms. The third-order valence-electron chi connectivity index (χ3n) is 6.08. The highest BCUT2D eigenvalue weighted by Gasteiger charge is 2.46. The predicted octanol–water partition coefficient (Wildman–Crippen LogP) is 4.26. The quantitative estimate of drug-likeness (QED) is 0.303. The van der Waals surface area contributed by atoms with E-state index in [1.54, 1.807) is 42.7 Å². The van der Waals surface area contributed by atoms with E-state index in [1.807, 2.05) is 31.2 Å². The SMILES string of the molecule is CCCOc1cccc([C@H]2C(=C(O)c3ccc4c(c3)OCCO4)C(=O)C(=O)N2Cc2cccnc2)c1. The molecular formula is C28H26N2O6. The number of benzene rings is 2. The number of carbonyl (C=O) groups is 2. The second-order valence-corrected chi connectivity index (χ2v) is 8.57. The fraction of sp³-hybridized carbons (Fsp3) is 0.250. The Morgan fingerprint density at radius 2 is 1.92 bits per heavy atom. The largest absolute Gasteiger partial charge is 0.507 e. The Morgan fingerprint density at radius 3 is 2.69 bits per heavy atom. The lowest BCUT2D eigenvalue weighted by Gasteiger charge is -2.26. The van der Waals surface area contributed by atoms with Crippen LogP contribution >= 0.6 is 0 Å². The number of hydrogen-bond donors (Lipinski definition) is 1. The number of fused-ring (bicyclic) bond motifs is 1. The van der Waals surface area contributed by atoms with Gasteiger partial charge in [0.2, 0.25) is 0 Å². The Labute approximate surface area is 208 Å². The van der Waals surface area contributed by atoms with Gasteiger partial charge in [-0.2, -0.15) is 0 Å². The molecule has 1 amide bonds. The summed E-state index contributed by atoms with van der Waals surface area (Å²) in [6.45, 7) is 3.53. The summed E-state index contributed by atoms with van der Waals surface area (Å²) in [6, 6.07) is 15.0. The van der Waals surface area contributed by atoms with Crippen LogP contribution < -0.4 is 14.2 Å². The molecule has 2 aromatic carbocycles. The minimum Gasteiger partial charge on any atom is -0.507 e. The van der Waals surface area contributed by atoms with Crippen molar-refractivity contribution in [3.8, 4) is 17.2 Å². The molecule has 1 saturated heterocycles. The van der Waals surface area contributed by atoms with Crippen LogP contribution in [0, 0.1) is 0 Å². The number of aliphatic hydroxyl groups excluding tert-OH is 1. The van der Waals surface area contributed by atoms with Crippen molar-refractivity contribution in [1.82, 2.24) is 9.88 Å². The highest BCUT2D eigenvalue weighted by molar-refractivity contribution is 6.46. The summed E-state index contributed by atoms with van der Waals surface area (Å²) in [5.41, 5.74) is 1.79. The summed E-state index contributed by atoms with van der Waals surface area (Å²) in [6.07, 6.45) is 4.14. The van der Waals surface area contributed by atoms with E-state index in [9.17, 15) is 14.7 Å². The molecule has 1 N–H and O–H groups in total. The van der Waals surface area contributed by atoms with Gasteiger partial charge in [0, 0.05) is 24.5 Å². The number of Topliss-reactive ketones (excluding diaryl/α,β-unsaturated/α-hetero) is 1. The van der Waals surface area contributed by atoms with Gasteiger partial charge in [0.15, 0.2) is 11.5 Å². The van der Waals surface area contributed by atoms with Crippen molar-refractivity contribution in [1.29, 1.82) is 0 Å². The number of carbonyl (C=O) groups excluding carboxylic acids is 2. The standard InChI is InChI=1S/C28H26N2O6/c1-2-11-34-21-7-3-6-19(14-21)25-24(26(31)20-8-9-22-23(15-20)36-13-12-35-22)27(32)28(33)30(25)17-18-5-4-10-29-16-18/h3-10,14-16,25,31H,2,11-13,17H2,1H3/t25-/m0/s1. The van der Waals surface area contributed by atoms with Gasteiger partial charge in [-0.05, 0) is 53.9 Å². The number of amides is 1. The Balaban J connectivity index is 1.62. The van der Waals surface area contributed by atoms with Gasteiger partial charge in [0.05, 0.1) is 18.2 Å². The van der Waals surface area contributed by atoms with E-state index in [0.29, 0.717) is 48.2 Å². The zero-order valence-electron chi connectivity index (χ0n) is 19.8. The smallest absolute Gasteiger partial charge is 0.295 e. The first-order valence-corrected chi connectivity index (χ1v) is 11.9. The van der Waals surface area contributed by atoms with E-state index in [1.165, 1.54) is 4.90 Å². The van der Waals surface area contributed by atoms with Crippen LogP contribution in [0.5, 0.6) is 17.2 Å². The number of aliphatic hydroxyl groups is 1. The molecule has 0 bridgehead atoms. The Hall–Kier alpha value is -4.33. The fourth-order valence-corrected chi connectivity index (χ4v) is 4.42. The van der Waals surface area contributed by atoms with Gasteiger partial charge in [-0.3, -0.25) is 14.6 Å². The number of aromatic nitrogens is 1. The van der Waals surface area contributed by atoms with E-state index in [4.69, 9.17) is 14.2 Å². The lowest BCUT2D eigenvalue weighted by Crippen LogP contribution is -2.29. The van der Waals surface area contributed by atoms with E-state index in [-0.39, 0.29) is 17.9 Å². The van der Waals surface area contributed by atoms with Crippen LogP contribution in [0.15, 0.2) is 72.6 Å². The molecule has 0 unspecified atom stereocenters. The fourth-order valence-electron chi connectivity index (χ4n) is 4.42. The van der Waals surface area contributed by atoms with Crippen molar-refractivity contribution in [2.75, 3.05) is 19.8 Å². The van der Waals surface area contributed by atoms with Crippen LogP contribution in [0.2, 0.25) is 0 Å². The van der Waals surface area contributed by atoms with Gasteiger partial charge in [0.25, 0.3) is 11.7 Å². The maximum absolute atomic E-state index is 13.3. The van der Waals surface area contributed by atoms with Crippen molar-refractivity contribution in [2.24, 2.45) is 0 Å². The molecule has 0 aliphatic carbocycles. The first kappa shape index (κ1) is 23.4. The molecule has 3 aromatic rings. The van der Waals surface area contributed by atoms with Gasteiger partial charge < -0.3 is 24.2 Å². The second kappa shape index (κ2) is 10.1. The lowest BCUT2D eigenvalue weighted by molar-refractivity contribution is -0.140. The van der Waals surface area contributed by atoms with Crippen LogP contribution in [0.25, 0.3) is 5.76 Å². The average molecular weight is 487 g/mol. The summed E-state index contributed by atoms with van der Waals surface area (Å²) >= 11 is 0. The molecule has 3 heterocycles. The molecule has 0 saturated carbocycles. The van der Waals surface area contributed by atoms with Gasteiger partial charge in [-0.25, -0.2) is 0 Å². The third kappa shape index (κ3) is 4.49. The minimum atomic E-state index is -0.816. The lowest BCUT2D eigenvalue weighted by atomic mass is 9.95. The van der Waals surface area contributed by atoms with Gasteiger partial charge >= 0.3 is 0 Å². The zero-order valence-corrected chi connectivity index (χ0v) is 19.8. The maximum atomic E-state index is 13.3. The molecule has 5 rings (SSSR count). The minimum absolute atomic E-state index is 0.00760. The number of nitrogens with zero attached hydrogens (tertiary/aromatic N) is 2. The van der Waals surface area contributed by atoms with E-state index in [0.717, 1.165) is 12.0 Å². The molecular weight excluding hydrogens is 460 g/mol. The molecule has 184 valence electrons. The first-order valence-electron chi connectivity index (χ1n) is 11.9. The van der Waals surface area contributed by atoms with Gasteiger partial charge in [-0.1, -0.05) is 25.1 Å². The first-order chi connectivity index (χ1) is 17.6. The van der Waals surface area contributed by atoms with Gasteiger partial charge in [0.1, 0.15) is 24.7 Å². The van der Waals surface area contributed by atoms with Crippen molar-refractivity contribution in [2.45, 2.75) is 25.9 Å². The van der Waals surface area contributed by atoms with Crippen molar-refractivity contribution >= 4 is 17.4 Å². The number of likely N-dealkylation sites (tertiary alicyclic amines) is 1. The number of hydrogen-bond acceptors (Lipinski definition) is 7. The molecule has 0 radical (unpaired) electrons. The molecule has 1 fully saturated rings. The van der Waals surface area contributed by atoms with Crippen molar-refractivity contribution < 1.29 is 28.9 Å². The van der Waals surface area contributed by atoms with Gasteiger partial charge in [-0.15, -0.1) is 0 Å². The van der Waals surface area contributed by atoms with Crippen LogP contribution in [0.3, 0.4) is 0 Å². The molecule has 1 aromatic heterocycles. The maximum Gasteiger partial charge on any atom is 0.295 e. The molecule has 2 aliphatic heterocycles. The number of ether oxygens (including phenoxy) is 3. The summed E-state index contributed by atoms with van der Waals surface area (Å²) < 4.78 is 17.0. The Bertz CT molecular complexity index is 1320. The Kier molecular flexibility index (Phi) is 6.58. The normalized spacial score (nSPS) is 18.4. The molecule has 8 heteroatoms. The zero-order chi connectivity index (χ0) is 25.1. The molecule has 2 aliphatic rings. The van der Waals surface area contributed by atoms with Crippen molar-refractivity contribution in [3.05, 3.63) is 89.3 Å². The topological polar surface area (TPSA) is 98.2 Å². The summed E-state index contributed by atoms with van der Waals surface area (Å²) in [4.78, 5) is 32.2. The van der Waals surface area contributed by atoms with E-state index >= 15 is 0 Å². The number of pyridine rings is 1. The molecule has 8 nitrogen and oxygen atoms in total. The van der Waals surface area contributed by atoms with Crippen LogP contribution in [-0.2, 0) is 16.1 Å². The van der Waals surface area contributed by atoms with Crippen LogP contribution in [-0.4, -0.2) is 46.5 Å². The summed E-state index contributed by atoms with van der Waals surface area (Å²) in [5.74, 6) is -0.0583. The second-order valence-electron chi connectivity index (χ2n) is 8.57. The monoisotopic (exact) mass is 486 g/mol. The number of rotatable bonds is 7. The van der Waals surface area contributed by atoms with Crippen molar-refractivity contribution in [3.63, 3.8) is 0 Å². The van der Waals surface area contributed by atoms with Crippen LogP contribution in [0.1, 0.15) is 36.1 Å². The average Bonchev–Trinajstić information content (AvgIpc) is 3.17. The summed E-state index contributed by atoms with van der Waals surface area (Å²) in [7, 11) is 0. The van der Waals surface area contributed by atoms with E-state index < -0.39 is 17.7 Å². The highest BCUT2D eigenvalue weighted by Crippen LogP contribution is 2.42. The highest BCUT2D eigenvalue weighted by atomic mass is 16.6. The molecule has 36 heavy (non-hydrogen) atoms. The number of ketones is 1. The summed E-state index contributed by atoms with van der Waals surface area (Å²) in [5, 5.41) is 11.4.